The first-order valence-corrected chi connectivity index (χ1v) is 18.6. The number of β-amino-alcohol motifs (C(OH)–C–C–N with tert-alkyl or cyclic N) is 1. The van der Waals surface area contributed by atoms with Gasteiger partial charge in [0.2, 0.25) is 0 Å². The number of ether oxygens (including phenoxy) is 2. The van der Waals surface area contributed by atoms with E-state index in [4.69, 9.17) is 13.9 Å². The van der Waals surface area contributed by atoms with Crippen LogP contribution in [0.15, 0.2) is 121 Å². The van der Waals surface area contributed by atoms with Crippen LogP contribution in [0.5, 0.6) is 0 Å². The first-order valence-electron chi connectivity index (χ1n) is 15.7. The molecule has 0 bridgehead atoms. The molecule has 1 fully saturated rings. The Hall–Kier alpha value is -3.75. The van der Waals surface area contributed by atoms with Crippen LogP contribution in [-0.2, 0) is 26.1 Å². The number of likely N-dealkylation sites (tertiary alicyclic amines) is 1. The molecule has 1 aliphatic rings. The van der Waals surface area contributed by atoms with E-state index >= 15 is 0 Å². The van der Waals surface area contributed by atoms with Crippen molar-refractivity contribution in [2.75, 3.05) is 13.2 Å². The van der Waals surface area contributed by atoms with Crippen LogP contribution in [0.4, 0.5) is 4.79 Å². The van der Waals surface area contributed by atoms with Crippen molar-refractivity contribution in [2.24, 2.45) is 0 Å². The molecule has 0 aliphatic carbocycles. The van der Waals surface area contributed by atoms with Crippen LogP contribution in [0.3, 0.4) is 0 Å². The highest BCUT2D eigenvalue weighted by Crippen LogP contribution is 2.43. The van der Waals surface area contributed by atoms with Gasteiger partial charge in [0, 0.05) is 0 Å². The van der Waals surface area contributed by atoms with Gasteiger partial charge in [0.25, 0.3) is 0 Å². The van der Waals surface area contributed by atoms with Crippen molar-refractivity contribution in [2.45, 2.75) is 69.4 Å². The molecule has 0 spiro atoms. The van der Waals surface area contributed by atoms with Crippen molar-refractivity contribution in [1.82, 2.24) is 4.90 Å². The van der Waals surface area contributed by atoms with E-state index in [-0.39, 0.29) is 24.8 Å². The second kappa shape index (κ2) is 13.7. The van der Waals surface area contributed by atoms with Gasteiger partial charge in [-0.1, -0.05) is 142 Å². The van der Waals surface area contributed by atoms with Crippen molar-refractivity contribution in [1.29, 1.82) is 0 Å². The minimum Gasteiger partial charge on any atom is -0.445 e. The van der Waals surface area contributed by atoms with Crippen molar-refractivity contribution in [3.8, 4) is 0 Å². The molecule has 1 saturated heterocycles. The third kappa shape index (κ3) is 7.07. The summed E-state index contributed by atoms with van der Waals surface area (Å²) in [4.78, 5) is 15.3. The highest BCUT2D eigenvalue weighted by molar-refractivity contribution is 6.74. The van der Waals surface area contributed by atoms with Crippen molar-refractivity contribution in [3.63, 3.8) is 0 Å². The van der Waals surface area contributed by atoms with Crippen LogP contribution < -0.4 is 0 Å². The van der Waals surface area contributed by atoms with Gasteiger partial charge < -0.3 is 19.0 Å². The van der Waals surface area contributed by atoms with Gasteiger partial charge in [0.1, 0.15) is 12.2 Å². The van der Waals surface area contributed by atoms with Gasteiger partial charge in [-0.05, 0) is 40.4 Å². The number of aliphatic hydroxyl groups is 1. The average molecular weight is 624 g/mol. The van der Waals surface area contributed by atoms with E-state index in [9.17, 15) is 9.90 Å². The number of carbonyl (C=O) groups excluding carboxylic acids is 1. The lowest BCUT2D eigenvalue weighted by molar-refractivity contribution is -0.0410. The average Bonchev–Trinajstić information content (AvgIpc) is 3.35. The molecule has 6 nitrogen and oxygen atoms in total. The summed E-state index contributed by atoms with van der Waals surface area (Å²) in [6.45, 7) is 11.2. The maximum atomic E-state index is 13.7. The summed E-state index contributed by atoms with van der Waals surface area (Å²) in [5.74, 6) is 0. The van der Waals surface area contributed by atoms with E-state index in [0.29, 0.717) is 0 Å². The van der Waals surface area contributed by atoms with E-state index < -0.39 is 38.3 Å². The van der Waals surface area contributed by atoms with Gasteiger partial charge in [0.05, 0.1) is 31.4 Å². The van der Waals surface area contributed by atoms with Crippen molar-refractivity contribution in [3.05, 3.63) is 144 Å². The highest BCUT2D eigenvalue weighted by Gasteiger charge is 2.51. The first-order chi connectivity index (χ1) is 21.5. The summed E-state index contributed by atoms with van der Waals surface area (Å²) in [5.41, 5.74) is 2.78. The van der Waals surface area contributed by atoms with Crippen molar-refractivity contribution < 1.29 is 23.8 Å². The maximum absolute atomic E-state index is 13.7. The number of rotatable bonds is 10. The molecule has 1 aliphatic heterocycles. The van der Waals surface area contributed by atoms with Gasteiger partial charge in [-0.2, -0.15) is 0 Å². The summed E-state index contributed by atoms with van der Waals surface area (Å²) in [6.07, 6.45) is -2.04. The number of amides is 1. The monoisotopic (exact) mass is 623 g/mol. The van der Waals surface area contributed by atoms with E-state index in [1.807, 2.05) is 84.9 Å². The Kier molecular flexibility index (Phi) is 9.94. The molecule has 0 aromatic heterocycles. The molecule has 7 heteroatoms. The molecule has 0 unspecified atom stereocenters. The van der Waals surface area contributed by atoms with Crippen LogP contribution >= 0.6 is 0 Å². The second-order valence-electron chi connectivity index (χ2n) is 13.3. The van der Waals surface area contributed by atoms with Gasteiger partial charge in [0.15, 0.2) is 8.32 Å². The lowest BCUT2D eigenvalue weighted by Gasteiger charge is -2.42. The Morgan fingerprint density at radius 3 is 1.67 bits per heavy atom. The van der Waals surface area contributed by atoms with Crippen LogP contribution in [0.25, 0.3) is 0 Å². The fourth-order valence-corrected chi connectivity index (χ4v) is 7.07. The molecular formula is C38H45NO5Si. The Labute approximate surface area is 268 Å². The first kappa shape index (κ1) is 32.6. The number of hydrogen-bond donors (Lipinski definition) is 1. The fraction of sp³-hybridized carbons (Fsp3) is 0.342. The van der Waals surface area contributed by atoms with Gasteiger partial charge >= 0.3 is 6.09 Å². The Morgan fingerprint density at radius 1 is 0.778 bits per heavy atom. The lowest BCUT2D eigenvalue weighted by Crippen LogP contribution is -2.52. The van der Waals surface area contributed by atoms with Crippen LogP contribution in [0, 0.1) is 0 Å². The summed E-state index contributed by atoms with van der Waals surface area (Å²) < 4.78 is 19.8. The maximum Gasteiger partial charge on any atom is 0.410 e. The summed E-state index contributed by atoms with van der Waals surface area (Å²) >= 11 is 0. The van der Waals surface area contributed by atoms with Crippen molar-refractivity contribution >= 4 is 14.4 Å². The van der Waals surface area contributed by atoms with E-state index in [1.54, 1.807) is 4.90 Å². The SMILES string of the molecule is CC(C)(C)[Si](C)(C)O[C@H]1[C@@H](O)CN(C(=O)OCc2ccccc2)[C@H]1COC(c1ccccc1)(c1ccccc1)c1ccccc1. The zero-order chi connectivity index (χ0) is 32.1. The molecule has 4 aromatic rings. The largest absolute Gasteiger partial charge is 0.445 e. The molecule has 0 radical (unpaired) electrons. The number of nitrogens with zero attached hydrogens (tertiary/aromatic N) is 1. The zero-order valence-corrected chi connectivity index (χ0v) is 27.9. The normalized spacial score (nSPS) is 19.0. The standard InChI is InChI=1S/C38H45NO5Si/c1-37(2,3)45(4,5)44-35-33(39(26-34(35)40)36(41)42-27-29-18-10-6-11-19-29)28-43-38(30-20-12-7-13-21-30,31-22-14-8-15-23-31)32-24-16-9-17-25-32/h6-25,33-35,40H,26-28H2,1-5H3/t33-,34-,35+/m0/s1. The molecule has 1 N–H and O–H groups in total. The quantitative estimate of drug-likeness (QED) is 0.144. The second-order valence-corrected chi connectivity index (χ2v) is 18.0. The lowest BCUT2D eigenvalue weighted by atomic mass is 9.80. The number of hydrogen-bond acceptors (Lipinski definition) is 5. The Balaban J connectivity index is 1.54. The van der Waals surface area contributed by atoms with E-state index in [0.717, 1.165) is 22.3 Å². The predicted octanol–water partition coefficient (Wildman–Crippen LogP) is 7.77. The third-order valence-electron chi connectivity index (χ3n) is 9.23. The number of aliphatic hydroxyl groups excluding tert-OH is 1. The Morgan fingerprint density at radius 2 is 1.22 bits per heavy atom. The summed E-state index contributed by atoms with van der Waals surface area (Å²) in [7, 11) is -2.35. The van der Waals surface area contributed by atoms with Gasteiger partial charge in [-0.15, -0.1) is 0 Å². The smallest absolute Gasteiger partial charge is 0.410 e. The van der Waals surface area contributed by atoms with Crippen LogP contribution in [-0.4, -0.2) is 55.8 Å². The van der Waals surface area contributed by atoms with Crippen LogP contribution in [0.1, 0.15) is 43.0 Å². The highest BCUT2D eigenvalue weighted by atomic mass is 28.4. The van der Waals surface area contributed by atoms with Crippen LogP contribution in [0.2, 0.25) is 18.1 Å². The number of benzene rings is 4. The topological polar surface area (TPSA) is 68.2 Å². The fourth-order valence-electron chi connectivity index (χ4n) is 5.72. The molecule has 3 atom stereocenters. The molecule has 45 heavy (non-hydrogen) atoms. The third-order valence-corrected chi connectivity index (χ3v) is 13.7. The summed E-state index contributed by atoms with van der Waals surface area (Å²) in [6, 6.07) is 39.4. The predicted molar refractivity (Wildman–Crippen MR) is 180 cm³/mol. The van der Waals surface area contributed by atoms with E-state index in [1.165, 1.54) is 0 Å². The molecule has 4 aromatic carbocycles. The molecule has 236 valence electrons. The minimum atomic E-state index is -2.35. The molecule has 5 rings (SSSR count). The Bertz CT molecular complexity index is 1410. The molecule has 0 saturated carbocycles. The zero-order valence-electron chi connectivity index (χ0n) is 26.9. The summed E-state index contributed by atoms with van der Waals surface area (Å²) in [5, 5.41) is 11.4. The number of carbonyl (C=O) groups is 1. The molecular weight excluding hydrogens is 579 g/mol. The van der Waals surface area contributed by atoms with Gasteiger partial charge in [-0.3, -0.25) is 4.90 Å². The van der Waals surface area contributed by atoms with E-state index in [2.05, 4.69) is 70.3 Å². The molecule has 1 heterocycles. The molecule has 1 amide bonds. The van der Waals surface area contributed by atoms with Gasteiger partial charge in [-0.25, -0.2) is 4.79 Å². The minimum absolute atomic E-state index is 0.0932.